The molecule has 1 unspecified atom stereocenters. The van der Waals surface area contributed by atoms with Crippen molar-refractivity contribution in [3.05, 3.63) is 48.7 Å². The van der Waals surface area contributed by atoms with Crippen LogP contribution in [0.2, 0.25) is 0 Å². The van der Waals surface area contributed by atoms with Crippen LogP contribution in [0.5, 0.6) is 0 Å². The van der Waals surface area contributed by atoms with Gasteiger partial charge >= 0.3 is 0 Å². The average Bonchev–Trinajstić information content (AvgIpc) is 3.19. The van der Waals surface area contributed by atoms with Crippen LogP contribution in [0.1, 0.15) is 25.6 Å². The second-order valence-electron chi connectivity index (χ2n) is 6.04. The average molecular weight is 307 g/mol. The first-order chi connectivity index (χ1) is 11.4. The molecule has 0 bridgehead atoms. The minimum absolute atomic E-state index is 0.581. The van der Waals surface area contributed by atoms with Crippen LogP contribution in [0.15, 0.2) is 42.9 Å². The summed E-state index contributed by atoms with van der Waals surface area (Å²) < 4.78 is 2.18. The molecule has 1 atom stereocenters. The highest BCUT2D eigenvalue weighted by Crippen LogP contribution is 2.25. The van der Waals surface area contributed by atoms with Crippen molar-refractivity contribution >= 4 is 11.2 Å². The molecule has 5 nitrogen and oxygen atoms in total. The number of hydrogen-bond donors (Lipinski definition) is 0. The number of pyridine rings is 2. The van der Waals surface area contributed by atoms with Crippen LogP contribution in [0.3, 0.4) is 0 Å². The van der Waals surface area contributed by atoms with Crippen LogP contribution in [0, 0.1) is 0 Å². The Balaban J connectivity index is 1.79. The maximum atomic E-state index is 4.87. The van der Waals surface area contributed by atoms with Gasteiger partial charge in [0.25, 0.3) is 0 Å². The zero-order valence-corrected chi connectivity index (χ0v) is 13.4. The first-order valence-corrected chi connectivity index (χ1v) is 8.33. The molecule has 4 heterocycles. The molecule has 118 valence electrons. The summed E-state index contributed by atoms with van der Waals surface area (Å²) in [6.07, 6.45) is 8.97. The summed E-state index contributed by atoms with van der Waals surface area (Å²) in [5, 5.41) is 0. The molecule has 0 radical (unpaired) electrons. The standard InChI is InChI=1S/C18H21N5/c1-2-22-12-4-5-15(22)13-17-21-16-6-3-9-20-18(16)23(17)14-7-10-19-11-8-14/h3,6-11,15H,2,4-5,12-13H2,1H3. The van der Waals surface area contributed by atoms with E-state index in [9.17, 15) is 0 Å². The molecule has 4 rings (SSSR count). The molecule has 0 N–H and O–H groups in total. The predicted molar refractivity (Wildman–Crippen MR) is 90.6 cm³/mol. The summed E-state index contributed by atoms with van der Waals surface area (Å²) in [7, 11) is 0. The summed E-state index contributed by atoms with van der Waals surface area (Å²) in [6.45, 7) is 4.55. The highest BCUT2D eigenvalue weighted by Gasteiger charge is 2.26. The zero-order chi connectivity index (χ0) is 15.6. The largest absolute Gasteiger partial charge is 0.300 e. The first-order valence-electron chi connectivity index (χ1n) is 8.33. The number of rotatable bonds is 4. The normalized spacial score (nSPS) is 18.7. The van der Waals surface area contributed by atoms with Crippen molar-refractivity contribution in [1.29, 1.82) is 0 Å². The minimum atomic E-state index is 0.581. The fraction of sp³-hybridized carbons (Fsp3) is 0.389. The second-order valence-corrected chi connectivity index (χ2v) is 6.04. The van der Waals surface area contributed by atoms with Crippen molar-refractivity contribution in [2.24, 2.45) is 0 Å². The fourth-order valence-corrected chi connectivity index (χ4v) is 3.61. The molecular weight excluding hydrogens is 286 g/mol. The number of nitrogens with zero attached hydrogens (tertiary/aromatic N) is 5. The summed E-state index contributed by atoms with van der Waals surface area (Å²) in [6, 6.07) is 8.61. The van der Waals surface area contributed by atoms with Crippen molar-refractivity contribution in [3.63, 3.8) is 0 Å². The number of hydrogen-bond acceptors (Lipinski definition) is 4. The maximum absolute atomic E-state index is 4.87. The van der Waals surface area contributed by atoms with E-state index in [4.69, 9.17) is 4.98 Å². The van der Waals surface area contributed by atoms with Crippen LogP contribution in [-0.2, 0) is 6.42 Å². The van der Waals surface area contributed by atoms with Crippen LogP contribution in [0.25, 0.3) is 16.9 Å². The van der Waals surface area contributed by atoms with Crippen molar-refractivity contribution in [2.75, 3.05) is 13.1 Å². The second kappa shape index (κ2) is 6.08. The van der Waals surface area contributed by atoms with Crippen LogP contribution in [-0.4, -0.2) is 43.6 Å². The van der Waals surface area contributed by atoms with Gasteiger partial charge in [-0.1, -0.05) is 6.92 Å². The van der Waals surface area contributed by atoms with Crippen molar-refractivity contribution in [2.45, 2.75) is 32.2 Å². The topological polar surface area (TPSA) is 46.8 Å². The van der Waals surface area contributed by atoms with Crippen LogP contribution >= 0.6 is 0 Å². The number of likely N-dealkylation sites (N-methyl/N-ethyl adjacent to an activating group) is 1. The number of likely N-dealkylation sites (tertiary alicyclic amines) is 1. The van der Waals surface area contributed by atoms with E-state index in [1.54, 1.807) is 0 Å². The van der Waals surface area contributed by atoms with E-state index in [0.717, 1.165) is 35.6 Å². The maximum Gasteiger partial charge on any atom is 0.164 e. The smallest absolute Gasteiger partial charge is 0.164 e. The van der Waals surface area contributed by atoms with Gasteiger partial charge in [0.15, 0.2) is 5.65 Å². The Morgan fingerprint density at radius 2 is 2.04 bits per heavy atom. The van der Waals surface area contributed by atoms with Crippen molar-refractivity contribution in [1.82, 2.24) is 24.4 Å². The van der Waals surface area contributed by atoms with Gasteiger partial charge in [-0.3, -0.25) is 9.55 Å². The van der Waals surface area contributed by atoms with E-state index in [1.807, 2.05) is 42.9 Å². The molecule has 3 aromatic rings. The minimum Gasteiger partial charge on any atom is -0.300 e. The number of aromatic nitrogens is 4. The molecule has 1 aliphatic rings. The van der Waals surface area contributed by atoms with Crippen molar-refractivity contribution < 1.29 is 0 Å². The van der Waals surface area contributed by atoms with Crippen LogP contribution in [0.4, 0.5) is 0 Å². The lowest BCUT2D eigenvalue weighted by molar-refractivity contribution is 0.263. The number of imidazole rings is 1. The van der Waals surface area contributed by atoms with Gasteiger partial charge < -0.3 is 4.90 Å². The predicted octanol–water partition coefficient (Wildman–Crippen LogP) is 2.84. The van der Waals surface area contributed by atoms with Gasteiger partial charge in [0.05, 0.1) is 5.69 Å². The SMILES string of the molecule is CCN1CCCC1Cc1nc2cccnc2n1-c1ccncc1. The molecule has 0 aromatic carbocycles. The fourth-order valence-electron chi connectivity index (χ4n) is 3.61. The highest BCUT2D eigenvalue weighted by atomic mass is 15.2. The zero-order valence-electron chi connectivity index (χ0n) is 13.4. The Kier molecular flexibility index (Phi) is 3.79. The summed E-state index contributed by atoms with van der Waals surface area (Å²) in [5.41, 5.74) is 2.97. The molecule has 1 saturated heterocycles. The lowest BCUT2D eigenvalue weighted by Crippen LogP contribution is -2.31. The first kappa shape index (κ1) is 14.3. The van der Waals surface area contributed by atoms with Gasteiger partial charge in [0.1, 0.15) is 11.3 Å². The quantitative estimate of drug-likeness (QED) is 0.743. The third-order valence-electron chi connectivity index (χ3n) is 4.73. The van der Waals surface area contributed by atoms with Gasteiger partial charge in [-0.05, 0) is 50.2 Å². The van der Waals surface area contributed by atoms with E-state index in [-0.39, 0.29) is 0 Å². The Morgan fingerprint density at radius 1 is 1.17 bits per heavy atom. The lowest BCUT2D eigenvalue weighted by Gasteiger charge is -2.22. The van der Waals surface area contributed by atoms with Crippen LogP contribution < -0.4 is 0 Å². The molecule has 5 heteroatoms. The van der Waals surface area contributed by atoms with Gasteiger partial charge in [0, 0.05) is 31.1 Å². The lowest BCUT2D eigenvalue weighted by atomic mass is 10.1. The summed E-state index contributed by atoms with van der Waals surface area (Å²) in [5.74, 6) is 1.09. The summed E-state index contributed by atoms with van der Waals surface area (Å²) >= 11 is 0. The molecular formula is C18H21N5. The highest BCUT2D eigenvalue weighted by molar-refractivity contribution is 5.73. The molecule has 3 aromatic heterocycles. The van der Waals surface area contributed by atoms with E-state index >= 15 is 0 Å². The van der Waals surface area contributed by atoms with E-state index in [1.165, 1.54) is 19.4 Å². The van der Waals surface area contributed by atoms with Gasteiger partial charge in [0.2, 0.25) is 0 Å². The molecule has 0 spiro atoms. The third kappa shape index (κ3) is 2.61. The van der Waals surface area contributed by atoms with E-state index < -0.39 is 0 Å². The Morgan fingerprint density at radius 3 is 2.87 bits per heavy atom. The van der Waals surface area contributed by atoms with Gasteiger partial charge in [-0.2, -0.15) is 0 Å². The summed E-state index contributed by atoms with van der Waals surface area (Å²) in [4.78, 5) is 16.1. The Labute approximate surface area is 136 Å². The van der Waals surface area contributed by atoms with Gasteiger partial charge in [-0.25, -0.2) is 9.97 Å². The third-order valence-corrected chi connectivity index (χ3v) is 4.73. The molecule has 1 fully saturated rings. The molecule has 0 amide bonds. The molecule has 0 aliphatic carbocycles. The number of fused-ring (bicyclic) bond motifs is 1. The van der Waals surface area contributed by atoms with Crippen molar-refractivity contribution in [3.8, 4) is 5.69 Å². The molecule has 23 heavy (non-hydrogen) atoms. The van der Waals surface area contributed by atoms with Gasteiger partial charge in [-0.15, -0.1) is 0 Å². The monoisotopic (exact) mass is 307 g/mol. The van der Waals surface area contributed by atoms with E-state index in [2.05, 4.69) is 26.4 Å². The molecule has 0 saturated carbocycles. The molecule has 1 aliphatic heterocycles. The Bertz CT molecular complexity index is 796. The van der Waals surface area contributed by atoms with E-state index in [0.29, 0.717) is 6.04 Å². The Hall–Kier alpha value is -2.27.